The zero-order valence-electron chi connectivity index (χ0n) is 11.0. The Bertz CT molecular complexity index is 419. The quantitative estimate of drug-likeness (QED) is 0.924. The number of benzene rings is 1. The summed E-state index contributed by atoms with van der Waals surface area (Å²) in [6, 6.07) is 5.75. The van der Waals surface area contributed by atoms with Gasteiger partial charge in [-0.3, -0.25) is 0 Å². The van der Waals surface area contributed by atoms with Crippen LogP contribution in [-0.4, -0.2) is 18.5 Å². The lowest BCUT2D eigenvalue weighted by Gasteiger charge is -2.28. The Morgan fingerprint density at radius 3 is 2.35 bits per heavy atom. The summed E-state index contributed by atoms with van der Waals surface area (Å²) in [4.78, 5) is 0. The minimum atomic E-state index is -4.66. The lowest BCUT2D eigenvalue weighted by Crippen LogP contribution is -2.39. The molecule has 0 spiro atoms. The summed E-state index contributed by atoms with van der Waals surface area (Å²) in [5.41, 5.74) is 6.77. The molecular formula is C14H18F3NO2. The second kappa shape index (κ2) is 6.45. The monoisotopic (exact) mass is 289 g/mol. The molecule has 1 aromatic rings. The van der Waals surface area contributed by atoms with E-state index >= 15 is 0 Å². The van der Waals surface area contributed by atoms with E-state index in [-0.39, 0.29) is 17.9 Å². The van der Waals surface area contributed by atoms with Gasteiger partial charge in [0, 0.05) is 6.04 Å². The van der Waals surface area contributed by atoms with Gasteiger partial charge in [-0.25, -0.2) is 0 Å². The third-order valence-electron chi connectivity index (χ3n) is 3.37. The highest BCUT2D eigenvalue weighted by Gasteiger charge is 2.31. The summed E-state index contributed by atoms with van der Waals surface area (Å²) in [6.07, 6.45) is -0.483. The molecular weight excluding hydrogens is 271 g/mol. The molecule has 0 radical (unpaired) electrons. The number of ether oxygens (including phenoxy) is 2. The predicted octanol–water partition coefficient (Wildman–Crippen LogP) is 3.37. The first-order valence-electron chi connectivity index (χ1n) is 6.66. The molecule has 1 aliphatic rings. The van der Waals surface area contributed by atoms with Gasteiger partial charge in [-0.15, -0.1) is 13.2 Å². The van der Waals surface area contributed by atoms with E-state index in [9.17, 15) is 13.2 Å². The summed E-state index contributed by atoms with van der Waals surface area (Å²) in [6.45, 7) is 0.352. The van der Waals surface area contributed by atoms with Crippen LogP contribution in [0.2, 0.25) is 0 Å². The van der Waals surface area contributed by atoms with Crippen LogP contribution >= 0.6 is 0 Å². The molecule has 112 valence electrons. The minimum Gasteiger partial charge on any atom is -0.406 e. The normalized spacial score (nSPS) is 23.6. The summed E-state index contributed by atoms with van der Waals surface area (Å²) in [7, 11) is 0. The zero-order chi connectivity index (χ0) is 14.6. The first-order valence-corrected chi connectivity index (χ1v) is 6.66. The van der Waals surface area contributed by atoms with E-state index < -0.39 is 6.36 Å². The maximum Gasteiger partial charge on any atom is 0.573 e. The van der Waals surface area contributed by atoms with Gasteiger partial charge in [-0.2, -0.15) is 0 Å². The van der Waals surface area contributed by atoms with E-state index in [4.69, 9.17) is 10.5 Å². The van der Waals surface area contributed by atoms with Gasteiger partial charge in [0.2, 0.25) is 0 Å². The third kappa shape index (κ3) is 4.68. The van der Waals surface area contributed by atoms with Crippen molar-refractivity contribution in [3.05, 3.63) is 29.8 Å². The smallest absolute Gasteiger partial charge is 0.406 e. The predicted molar refractivity (Wildman–Crippen MR) is 68.1 cm³/mol. The third-order valence-corrected chi connectivity index (χ3v) is 3.37. The molecule has 0 aliphatic heterocycles. The SMILES string of the molecule is NC1CCCCC1OCc1ccc(OC(F)(F)F)cc1. The van der Waals surface area contributed by atoms with Gasteiger partial charge in [-0.1, -0.05) is 25.0 Å². The van der Waals surface area contributed by atoms with E-state index in [2.05, 4.69) is 4.74 Å². The zero-order valence-corrected chi connectivity index (χ0v) is 11.0. The molecule has 0 amide bonds. The average Bonchev–Trinajstić information content (AvgIpc) is 2.38. The van der Waals surface area contributed by atoms with Crippen molar-refractivity contribution in [2.75, 3.05) is 0 Å². The van der Waals surface area contributed by atoms with Crippen molar-refractivity contribution < 1.29 is 22.6 Å². The fourth-order valence-electron chi connectivity index (χ4n) is 2.32. The number of hydrogen-bond acceptors (Lipinski definition) is 3. The van der Waals surface area contributed by atoms with Crippen LogP contribution in [0.5, 0.6) is 5.75 Å². The number of alkyl halides is 3. The molecule has 1 saturated carbocycles. The van der Waals surface area contributed by atoms with Gasteiger partial charge in [0.25, 0.3) is 0 Å². The molecule has 0 aromatic heterocycles. The molecule has 1 fully saturated rings. The van der Waals surface area contributed by atoms with Gasteiger partial charge < -0.3 is 15.2 Å². The molecule has 0 bridgehead atoms. The summed E-state index contributed by atoms with van der Waals surface area (Å²) in [5, 5.41) is 0. The number of nitrogens with two attached hydrogens (primary N) is 1. The number of halogens is 3. The van der Waals surface area contributed by atoms with Gasteiger partial charge >= 0.3 is 6.36 Å². The van der Waals surface area contributed by atoms with Crippen LogP contribution in [-0.2, 0) is 11.3 Å². The maximum atomic E-state index is 12.0. The second-order valence-electron chi connectivity index (χ2n) is 4.99. The van der Waals surface area contributed by atoms with Crippen LogP contribution in [0.3, 0.4) is 0 Å². The van der Waals surface area contributed by atoms with Gasteiger partial charge in [0.1, 0.15) is 5.75 Å². The molecule has 1 aliphatic carbocycles. The topological polar surface area (TPSA) is 44.5 Å². The fraction of sp³-hybridized carbons (Fsp3) is 0.571. The summed E-state index contributed by atoms with van der Waals surface area (Å²) in [5.74, 6) is -0.226. The summed E-state index contributed by atoms with van der Waals surface area (Å²) >= 11 is 0. The highest BCUT2D eigenvalue weighted by Crippen LogP contribution is 2.24. The lowest BCUT2D eigenvalue weighted by atomic mass is 9.93. The van der Waals surface area contributed by atoms with Crippen LogP contribution in [0.15, 0.2) is 24.3 Å². The minimum absolute atomic E-state index is 0.0369. The molecule has 2 N–H and O–H groups in total. The average molecular weight is 289 g/mol. The molecule has 0 saturated heterocycles. The standard InChI is InChI=1S/C14H18F3NO2/c15-14(16,17)20-11-7-5-10(6-8-11)9-19-13-4-2-1-3-12(13)18/h5-8,12-13H,1-4,9,18H2. The molecule has 6 heteroatoms. The van der Waals surface area contributed by atoms with Crippen molar-refractivity contribution in [3.63, 3.8) is 0 Å². The molecule has 1 aromatic carbocycles. The van der Waals surface area contributed by atoms with E-state index in [1.165, 1.54) is 12.1 Å². The van der Waals surface area contributed by atoms with Crippen molar-refractivity contribution in [3.8, 4) is 5.75 Å². The second-order valence-corrected chi connectivity index (χ2v) is 4.99. The Balaban J connectivity index is 1.84. The first-order chi connectivity index (χ1) is 9.44. The molecule has 2 rings (SSSR count). The lowest BCUT2D eigenvalue weighted by molar-refractivity contribution is -0.274. The fourth-order valence-corrected chi connectivity index (χ4v) is 2.32. The Morgan fingerprint density at radius 1 is 1.10 bits per heavy atom. The number of rotatable bonds is 4. The Hall–Kier alpha value is -1.27. The highest BCUT2D eigenvalue weighted by atomic mass is 19.4. The summed E-state index contributed by atoms with van der Waals surface area (Å²) < 4.78 is 45.6. The molecule has 0 heterocycles. The first kappa shape index (κ1) is 15.1. The number of hydrogen-bond donors (Lipinski definition) is 1. The highest BCUT2D eigenvalue weighted by molar-refractivity contribution is 5.27. The van der Waals surface area contributed by atoms with E-state index in [0.29, 0.717) is 6.61 Å². The van der Waals surface area contributed by atoms with Crippen LogP contribution in [0.4, 0.5) is 13.2 Å². The molecule has 20 heavy (non-hydrogen) atoms. The Kier molecular flexibility index (Phi) is 4.88. The van der Waals surface area contributed by atoms with Crippen molar-refractivity contribution in [1.82, 2.24) is 0 Å². The van der Waals surface area contributed by atoms with Crippen molar-refractivity contribution >= 4 is 0 Å². The van der Waals surface area contributed by atoms with Crippen molar-refractivity contribution in [2.45, 2.75) is 50.8 Å². The maximum absolute atomic E-state index is 12.0. The van der Waals surface area contributed by atoms with E-state index in [0.717, 1.165) is 31.2 Å². The van der Waals surface area contributed by atoms with Crippen molar-refractivity contribution in [2.24, 2.45) is 5.73 Å². The van der Waals surface area contributed by atoms with Crippen LogP contribution in [0.1, 0.15) is 31.2 Å². The van der Waals surface area contributed by atoms with E-state index in [1.807, 2.05) is 0 Å². The largest absolute Gasteiger partial charge is 0.573 e. The molecule has 2 unspecified atom stereocenters. The molecule has 2 atom stereocenters. The van der Waals surface area contributed by atoms with Crippen LogP contribution in [0, 0.1) is 0 Å². The van der Waals surface area contributed by atoms with Crippen molar-refractivity contribution in [1.29, 1.82) is 0 Å². The Morgan fingerprint density at radius 2 is 1.75 bits per heavy atom. The Labute approximate surface area is 115 Å². The van der Waals surface area contributed by atoms with Gasteiger partial charge in [0.05, 0.1) is 12.7 Å². The van der Waals surface area contributed by atoms with Crippen LogP contribution in [0.25, 0.3) is 0 Å². The van der Waals surface area contributed by atoms with Gasteiger partial charge in [-0.05, 0) is 30.5 Å². The van der Waals surface area contributed by atoms with Crippen LogP contribution < -0.4 is 10.5 Å². The molecule has 3 nitrogen and oxygen atoms in total. The van der Waals surface area contributed by atoms with Gasteiger partial charge in [0.15, 0.2) is 0 Å². The van der Waals surface area contributed by atoms with E-state index in [1.54, 1.807) is 12.1 Å².